The minimum Gasteiger partial charge on any atom is -0.387 e. The van der Waals surface area contributed by atoms with Crippen molar-refractivity contribution in [3.8, 4) is 0 Å². The third-order valence-electron chi connectivity index (χ3n) is 4.97. The van der Waals surface area contributed by atoms with Gasteiger partial charge in [0.1, 0.15) is 6.61 Å². The van der Waals surface area contributed by atoms with Crippen LogP contribution < -0.4 is 5.32 Å². The van der Waals surface area contributed by atoms with E-state index < -0.39 is 0 Å². The molecule has 4 bridgehead atoms. The maximum Gasteiger partial charge on any atom is 0.245 e. The number of aliphatic hydroxyl groups is 1. The van der Waals surface area contributed by atoms with Crippen LogP contribution in [0, 0.1) is 23.2 Å². The van der Waals surface area contributed by atoms with Gasteiger partial charge in [0.25, 0.3) is 0 Å². The molecule has 0 aliphatic heterocycles. The molecule has 3 nitrogen and oxygen atoms in total. The summed E-state index contributed by atoms with van der Waals surface area (Å²) >= 11 is 0. The van der Waals surface area contributed by atoms with E-state index in [1.165, 1.54) is 38.5 Å². The molecule has 4 saturated carbocycles. The van der Waals surface area contributed by atoms with Crippen LogP contribution >= 0.6 is 0 Å². The minimum atomic E-state index is -0.369. The van der Waals surface area contributed by atoms with E-state index in [0.29, 0.717) is 5.41 Å². The van der Waals surface area contributed by atoms with Gasteiger partial charge in [0.05, 0.1) is 0 Å². The Morgan fingerprint density at radius 1 is 1.12 bits per heavy atom. The number of nitrogens with one attached hydrogen (secondary N) is 1. The van der Waals surface area contributed by atoms with E-state index in [0.717, 1.165) is 24.3 Å². The molecule has 1 amide bonds. The number of aliphatic hydroxyl groups excluding tert-OH is 1. The van der Waals surface area contributed by atoms with Gasteiger partial charge in [-0.25, -0.2) is 0 Å². The number of amides is 1. The summed E-state index contributed by atoms with van der Waals surface area (Å²) in [6.07, 6.45) is 8.24. The standard InChI is InChI=1S/C13H21NO2/c15-7-12(16)14-8-13-4-9-1-10(5-13)3-11(2-9)6-13/h9-11,15H,1-8H2,(H,14,16). The van der Waals surface area contributed by atoms with Crippen molar-refractivity contribution in [2.75, 3.05) is 13.2 Å². The van der Waals surface area contributed by atoms with E-state index in [4.69, 9.17) is 5.11 Å². The maximum atomic E-state index is 11.1. The van der Waals surface area contributed by atoms with Crippen molar-refractivity contribution < 1.29 is 9.90 Å². The smallest absolute Gasteiger partial charge is 0.245 e. The average molecular weight is 223 g/mol. The van der Waals surface area contributed by atoms with Gasteiger partial charge in [0.15, 0.2) is 0 Å². The molecule has 90 valence electrons. The first-order valence-electron chi connectivity index (χ1n) is 6.57. The van der Waals surface area contributed by atoms with E-state index in [2.05, 4.69) is 5.32 Å². The van der Waals surface area contributed by atoms with Gasteiger partial charge in [-0.2, -0.15) is 0 Å². The fraction of sp³-hybridized carbons (Fsp3) is 0.923. The van der Waals surface area contributed by atoms with Crippen molar-refractivity contribution in [2.45, 2.75) is 38.5 Å². The maximum absolute atomic E-state index is 11.1. The molecule has 0 atom stereocenters. The van der Waals surface area contributed by atoms with E-state index in [-0.39, 0.29) is 12.5 Å². The number of hydrogen-bond donors (Lipinski definition) is 2. The van der Waals surface area contributed by atoms with Crippen molar-refractivity contribution in [1.29, 1.82) is 0 Å². The quantitative estimate of drug-likeness (QED) is 0.758. The van der Waals surface area contributed by atoms with Crippen LogP contribution in [0.3, 0.4) is 0 Å². The van der Waals surface area contributed by atoms with Gasteiger partial charge in [-0.05, 0) is 61.7 Å². The predicted molar refractivity (Wildman–Crippen MR) is 60.7 cm³/mol. The fourth-order valence-electron chi connectivity index (χ4n) is 4.85. The molecular formula is C13H21NO2. The highest BCUT2D eigenvalue weighted by Gasteiger charge is 2.50. The largest absolute Gasteiger partial charge is 0.387 e. The molecule has 4 fully saturated rings. The van der Waals surface area contributed by atoms with Crippen molar-refractivity contribution >= 4 is 5.91 Å². The Kier molecular flexibility index (Phi) is 2.46. The van der Waals surface area contributed by atoms with Crippen LogP contribution in [0.5, 0.6) is 0 Å². The second-order valence-electron chi connectivity index (χ2n) is 6.35. The highest BCUT2D eigenvalue weighted by molar-refractivity contribution is 5.76. The summed E-state index contributed by atoms with van der Waals surface area (Å²) < 4.78 is 0. The van der Waals surface area contributed by atoms with Crippen LogP contribution in [-0.4, -0.2) is 24.2 Å². The van der Waals surface area contributed by atoms with Gasteiger partial charge in [-0.1, -0.05) is 0 Å². The van der Waals surface area contributed by atoms with Crippen LogP contribution in [0.1, 0.15) is 38.5 Å². The average Bonchev–Trinajstić information content (AvgIpc) is 2.24. The van der Waals surface area contributed by atoms with Crippen molar-refractivity contribution in [3.05, 3.63) is 0 Å². The topological polar surface area (TPSA) is 49.3 Å². The molecule has 0 radical (unpaired) electrons. The summed E-state index contributed by atoms with van der Waals surface area (Å²) in [6, 6.07) is 0. The zero-order valence-electron chi connectivity index (χ0n) is 9.74. The summed E-state index contributed by atoms with van der Waals surface area (Å²) in [5.74, 6) is 2.57. The van der Waals surface area contributed by atoms with Crippen LogP contribution in [0.4, 0.5) is 0 Å². The van der Waals surface area contributed by atoms with E-state index in [1.807, 2.05) is 0 Å². The molecule has 16 heavy (non-hydrogen) atoms. The van der Waals surface area contributed by atoms with Crippen molar-refractivity contribution in [3.63, 3.8) is 0 Å². The molecule has 0 heterocycles. The summed E-state index contributed by atoms with van der Waals surface area (Å²) in [7, 11) is 0. The number of hydrogen-bond acceptors (Lipinski definition) is 2. The highest BCUT2D eigenvalue weighted by atomic mass is 16.3. The summed E-state index contributed by atoms with van der Waals surface area (Å²) in [5.41, 5.74) is 0.388. The molecule has 4 aliphatic carbocycles. The molecule has 4 rings (SSSR count). The molecule has 0 aromatic carbocycles. The monoisotopic (exact) mass is 223 g/mol. The van der Waals surface area contributed by atoms with Crippen LogP contribution in [-0.2, 0) is 4.79 Å². The molecule has 0 spiro atoms. The van der Waals surface area contributed by atoms with Gasteiger partial charge >= 0.3 is 0 Å². The zero-order chi connectivity index (χ0) is 11.2. The first-order chi connectivity index (χ1) is 7.69. The zero-order valence-corrected chi connectivity index (χ0v) is 9.74. The van der Waals surface area contributed by atoms with Crippen LogP contribution in [0.25, 0.3) is 0 Å². The first kappa shape index (κ1) is 10.6. The lowest BCUT2D eigenvalue weighted by Gasteiger charge is -2.56. The van der Waals surface area contributed by atoms with Gasteiger partial charge in [-0.3, -0.25) is 4.79 Å². The Morgan fingerprint density at radius 2 is 1.62 bits per heavy atom. The SMILES string of the molecule is O=C(CO)NCC12CC3CC(CC(C3)C1)C2. The van der Waals surface area contributed by atoms with Crippen molar-refractivity contribution in [2.24, 2.45) is 23.2 Å². The number of carbonyl (C=O) groups is 1. The predicted octanol–water partition coefficient (Wildman–Crippen LogP) is 1.31. The van der Waals surface area contributed by atoms with Gasteiger partial charge in [-0.15, -0.1) is 0 Å². The first-order valence-corrected chi connectivity index (χ1v) is 6.57. The summed E-state index contributed by atoms with van der Waals surface area (Å²) in [5, 5.41) is 11.6. The lowest BCUT2D eigenvalue weighted by molar-refractivity contribution is -0.125. The van der Waals surface area contributed by atoms with E-state index in [9.17, 15) is 4.79 Å². The van der Waals surface area contributed by atoms with Gasteiger partial charge in [0, 0.05) is 6.54 Å². The summed E-state index contributed by atoms with van der Waals surface area (Å²) in [4.78, 5) is 11.1. The lowest BCUT2D eigenvalue weighted by Crippen LogP contribution is -2.51. The van der Waals surface area contributed by atoms with Gasteiger partial charge in [0.2, 0.25) is 5.91 Å². The Balaban J connectivity index is 1.67. The summed E-state index contributed by atoms with van der Waals surface area (Å²) in [6.45, 7) is 0.433. The fourth-order valence-corrected chi connectivity index (χ4v) is 4.85. The molecule has 3 heteroatoms. The minimum absolute atomic E-state index is 0.212. The normalized spacial score (nSPS) is 44.7. The second-order valence-corrected chi connectivity index (χ2v) is 6.35. The molecule has 0 saturated heterocycles. The molecule has 4 aliphatic rings. The third-order valence-corrected chi connectivity index (χ3v) is 4.97. The molecule has 0 unspecified atom stereocenters. The molecule has 0 aromatic heterocycles. The van der Waals surface area contributed by atoms with Crippen LogP contribution in [0.2, 0.25) is 0 Å². The Bertz CT molecular complexity index is 265. The number of rotatable bonds is 3. The Hall–Kier alpha value is -0.570. The molecular weight excluding hydrogens is 202 g/mol. The molecule has 0 aromatic rings. The molecule has 2 N–H and O–H groups in total. The Morgan fingerprint density at radius 3 is 2.06 bits per heavy atom. The lowest BCUT2D eigenvalue weighted by atomic mass is 9.49. The third kappa shape index (κ3) is 1.75. The Labute approximate surface area is 96.6 Å². The highest BCUT2D eigenvalue weighted by Crippen LogP contribution is 2.59. The van der Waals surface area contributed by atoms with Crippen LogP contribution in [0.15, 0.2) is 0 Å². The van der Waals surface area contributed by atoms with E-state index in [1.54, 1.807) is 0 Å². The van der Waals surface area contributed by atoms with Gasteiger partial charge < -0.3 is 10.4 Å². The number of carbonyl (C=O) groups excluding carboxylic acids is 1. The second kappa shape index (κ2) is 3.73. The van der Waals surface area contributed by atoms with E-state index >= 15 is 0 Å². The van der Waals surface area contributed by atoms with Crippen molar-refractivity contribution in [1.82, 2.24) is 5.32 Å².